The number of ether oxygens (including phenoxy) is 1. The summed E-state index contributed by atoms with van der Waals surface area (Å²) < 4.78 is 20.0. The molecule has 2 aromatic rings. The molecule has 2 rings (SSSR count). The third kappa shape index (κ3) is 2.81. The Bertz CT molecular complexity index is 493. The lowest BCUT2D eigenvalue weighted by Gasteiger charge is -2.06. The average Bonchev–Trinajstić information content (AvgIpc) is 2.69. The number of pyridine rings is 1. The summed E-state index contributed by atoms with van der Waals surface area (Å²) in [4.78, 5) is 3.53. The molecule has 0 saturated carbocycles. The van der Waals surface area contributed by atoms with E-state index in [1.54, 1.807) is 6.07 Å². The standard InChI is InChI=1S/C12H14FN3O/c1-3-16-10(6-9(2)15-16)8-17-11-4-5-12(13)14-7-11/h4-7H,3,8H2,1-2H3. The molecular weight excluding hydrogens is 221 g/mol. The lowest BCUT2D eigenvalue weighted by molar-refractivity contribution is 0.290. The van der Waals surface area contributed by atoms with Crippen molar-refractivity contribution in [3.05, 3.63) is 41.7 Å². The Morgan fingerprint density at radius 2 is 2.24 bits per heavy atom. The third-order valence-electron chi connectivity index (χ3n) is 2.37. The first kappa shape index (κ1) is 11.6. The number of aryl methyl sites for hydroxylation is 2. The zero-order valence-electron chi connectivity index (χ0n) is 9.85. The van der Waals surface area contributed by atoms with E-state index in [-0.39, 0.29) is 0 Å². The maximum absolute atomic E-state index is 12.6. The van der Waals surface area contributed by atoms with Crippen LogP contribution in [0.15, 0.2) is 24.4 Å². The second-order valence-electron chi connectivity index (χ2n) is 3.70. The van der Waals surface area contributed by atoms with Crippen LogP contribution in [0.5, 0.6) is 5.75 Å². The highest BCUT2D eigenvalue weighted by molar-refractivity contribution is 5.17. The van der Waals surface area contributed by atoms with Gasteiger partial charge in [-0.25, -0.2) is 4.98 Å². The van der Waals surface area contributed by atoms with E-state index >= 15 is 0 Å². The quantitative estimate of drug-likeness (QED) is 0.763. The first-order valence-corrected chi connectivity index (χ1v) is 5.46. The zero-order valence-corrected chi connectivity index (χ0v) is 9.85. The van der Waals surface area contributed by atoms with Crippen LogP contribution in [-0.2, 0) is 13.2 Å². The second-order valence-corrected chi connectivity index (χ2v) is 3.70. The molecule has 0 saturated heterocycles. The van der Waals surface area contributed by atoms with E-state index in [0.717, 1.165) is 17.9 Å². The number of aromatic nitrogens is 3. The van der Waals surface area contributed by atoms with Crippen molar-refractivity contribution in [1.29, 1.82) is 0 Å². The summed E-state index contributed by atoms with van der Waals surface area (Å²) in [6.45, 7) is 5.17. The molecular formula is C12H14FN3O. The smallest absolute Gasteiger partial charge is 0.213 e. The number of hydrogen-bond acceptors (Lipinski definition) is 3. The van der Waals surface area contributed by atoms with Gasteiger partial charge in [0.2, 0.25) is 5.95 Å². The minimum absolute atomic E-state index is 0.405. The van der Waals surface area contributed by atoms with Gasteiger partial charge in [0.25, 0.3) is 0 Å². The summed E-state index contributed by atoms with van der Waals surface area (Å²) in [5.41, 5.74) is 1.96. The summed E-state index contributed by atoms with van der Waals surface area (Å²) >= 11 is 0. The molecule has 4 nitrogen and oxygen atoms in total. The Kier molecular flexibility index (Phi) is 3.37. The first-order chi connectivity index (χ1) is 8.19. The lowest BCUT2D eigenvalue weighted by atomic mass is 10.4. The van der Waals surface area contributed by atoms with Gasteiger partial charge in [0, 0.05) is 6.54 Å². The number of hydrogen-bond donors (Lipinski definition) is 0. The predicted octanol–water partition coefficient (Wildman–Crippen LogP) is 2.32. The highest BCUT2D eigenvalue weighted by Gasteiger charge is 2.05. The number of halogens is 1. The van der Waals surface area contributed by atoms with Crippen LogP contribution >= 0.6 is 0 Å². The number of rotatable bonds is 4. The molecule has 0 radical (unpaired) electrons. The Morgan fingerprint density at radius 1 is 1.41 bits per heavy atom. The molecule has 90 valence electrons. The molecule has 5 heteroatoms. The molecule has 0 fully saturated rings. The highest BCUT2D eigenvalue weighted by atomic mass is 19.1. The van der Waals surface area contributed by atoms with Crippen molar-refractivity contribution >= 4 is 0 Å². The monoisotopic (exact) mass is 235 g/mol. The van der Waals surface area contributed by atoms with E-state index in [0.29, 0.717) is 12.4 Å². The van der Waals surface area contributed by atoms with Crippen LogP contribution in [0.3, 0.4) is 0 Å². The SMILES string of the molecule is CCn1nc(C)cc1COc1ccc(F)nc1. The normalized spacial score (nSPS) is 10.5. The summed E-state index contributed by atoms with van der Waals surface area (Å²) in [5, 5.41) is 4.32. The molecule has 0 aliphatic carbocycles. The molecule has 0 bridgehead atoms. The van der Waals surface area contributed by atoms with Crippen molar-refractivity contribution in [2.24, 2.45) is 0 Å². The van der Waals surface area contributed by atoms with Gasteiger partial charge in [0.1, 0.15) is 12.4 Å². The van der Waals surface area contributed by atoms with Crippen molar-refractivity contribution in [2.75, 3.05) is 0 Å². The van der Waals surface area contributed by atoms with Gasteiger partial charge in [-0.1, -0.05) is 0 Å². The molecule has 0 aromatic carbocycles. The van der Waals surface area contributed by atoms with Crippen LogP contribution in [0.2, 0.25) is 0 Å². The summed E-state index contributed by atoms with van der Waals surface area (Å²) in [6.07, 6.45) is 1.37. The summed E-state index contributed by atoms with van der Waals surface area (Å²) in [6, 6.07) is 4.81. The molecule has 0 aliphatic rings. The number of nitrogens with zero attached hydrogens (tertiary/aromatic N) is 3. The van der Waals surface area contributed by atoms with Crippen LogP contribution in [-0.4, -0.2) is 14.8 Å². The fourth-order valence-electron chi connectivity index (χ4n) is 1.59. The molecule has 0 amide bonds. The Hall–Kier alpha value is -1.91. The van der Waals surface area contributed by atoms with Crippen molar-refractivity contribution in [1.82, 2.24) is 14.8 Å². The Morgan fingerprint density at radius 3 is 2.88 bits per heavy atom. The van der Waals surface area contributed by atoms with Crippen molar-refractivity contribution in [3.63, 3.8) is 0 Å². The van der Waals surface area contributed by atoms with Crippen molar-refractivity contribution in [3.8, 4) is 5.75 Å². The molecule has 17 heavy (non-hydrogen) atoms. The molecule has 2 heterocycles. The van der Waals surface area contributed by atoms with Crippen LogP contribution < -0.4 is 4.74 Å². The van der Waals surface area contributed by atoms with Crippen molar-refractivity contribution < 1.29 is 9.13 Å². The third-order valence-corrected chi connectivity index (χ3v) is 2.37. The Balaban J connectivity index is 2.04. The van der Waals surface area contributed by atoms with Crippen LogP contribution in [0.1, 0.15) is 18.3 Å². The first-order valence-electron chi connectivity index (χ1n) is 5.46. The fraction of sp³-hybridized carbons (Fsp3) is 0.333. The zero-order chi connectivity index (χ0) is 12.3. The second kappa shape index (κ2) is 4.95. The van der Waals surface area contributed by atoms with Gasteiger partial charge in [0.05, 0.1) is 17.6 Å². The minimum Gasteiger partial charge on any atom is -0.486 e. The van der Waals surface area contributed by atoms with Gasteiger partial charge in [0.15, 0.2) is 0 Å². The molecule has 0 unspecified atom stereocenters. The minimum atomic E-state index is -0.508. The molecule has 0 N–H and O–H groups in total. The largest absolute Gasteiger partial charge is 0.486 e. The Labute approximate surface area is 99.1 Å². The molecule has 0 spiro atoms. The van der Waals surface area contributed by atoms with Gasteiger partial charge in [-0.05, 0) is 32.0 Å². The topological polar surface area (TPSA) is 39.9 Å². The molecule has 0 aliphatic heterocycles. The lowest BCUT2D eigenvalue weighted by Crippen LogP contribution is -2.06. The summed E-state index contributed by atoms with van der Waals surface area (Å²) in [5.74, 6) is 0.0414. The highest BCUT2D eigenvalue weighted by Crippen LogP contribution is 2.12. The van der Waals surface area contributed by atoms with Gasteiger partial charge < -0.3 is 4.74 Å². The van der Waals surface area contributed by atoms with Gasteiger partial charge in [-0.3, -0.25) is 4.68 Å². The van der Waals surface area contributed by atoms with E-state index in [2.05, 4.69) is 10.1 Å². The van der Waals surface area contributed by atoms with Crippen molar-refractivity contribution in [2.45, 2.75) is 27.0 Å². The summed E-state index contributed by atoms with van der Waals surface area (Å²) in [7, 11) is 0. The van der Waals surface area contributed by atoms with E-state index in [4.69, 9.17) is 4.74 Å². The van der Waals surface area contributed by atoms with Crippen LogP contribution in [0.25, 0.3) is 0 Å². The van der Waals surface area contributed by atoms with Gasteiger partial charge in [-0.15, -0.1) is 0 Å². The van der Waals surface area contributed by atoms with E-state index in [9.17, 15) is 4.39 Å². The van der Waals surface area contributed by atoms with Gasteiger partial charge in [-0.2, -0.15) is 9.49 Å². The van der Waals surface area contributed by atoms with E-state index < -0.39 is 5.95 Å². The van der Waals surface area contributed by atoms with Crippen LogP contribution in [0, 0.1) is 12.9 Å². The molecule has 2 aromatic heterocycles. The van der Waals surface area contributed by atoms with E-state index in [1.807, 2.05) is 24.6 Å². The maximum Gasteiger partial charge on any atom is 0.213 e. The van der Waals surface area contributed by atoms with Crippen LogP contribution in [0.4, 0.5) is 4.39 Å². The predicted molar refractivity (Wildman–Crippen MR) is 61.2 cm³/mol. The molecule has 0 atom stereocenters. The maximum atomic E-state index is 12.6. The van der Waals surface area contributed by atoms with Gasteiger partial charge >= 0.3 is 0 Å². The average molecular weight is 235 g/mol. The fourth-order valence-corrected chi connectivity index (χ4v) is 1.59. The van der Waals surface area contributed by atoms with E-state index in [1.165, 1.54) is 12.3 Å².